The van der Waals surface area contributed by atoms with Gasteiger partial charge in [-0.2, -0.15) is 0 Å². The van der Waals surface area contributed by atoms with Crippen LogP contribution in [0.4, 0.5) is 0 Å². The summed E-state index contributed by atoms with van der Waals surface area (Å²) in [5, 5.41) is 9.61. The van der Waals surface area contributed by atoms with E-state index in [1.165, 1.54) is 0 Å². The van der Waals surface area contributed by atoms with Gasteiger partial charge in [0, 0.05) is 11.8 Å². The second kappa shape index (κ2) is 4.94. The van der Waals surface area contributed by atoms with Gasteiger partial charge in [0.05, 0.1) is 17.6 Å². The number of H-pyrrole nitrogens is 1. The van der Waals surface area contributed by atoms with Crippen molar-refractivity contribution in [2.24, 2.45) is 4.99 Å². The Morgan fingerprint density at radius 3 is 2.74 bits per heavy atom. The van der Waals surface area contributed by atoms with E-state index in [1.54, 1.807) is 18.3 Å². The number of aromatic hydroxyl groups is 1. The standard InChI is InChI=1S/C15H13N3O/c19-14-8-4-1-5-11(14)9-16-10-15-17-12-6-2-3-7-13(12)18-15/h1-9,19H,10H2,(H,17,18). The first-order valence-corrected chi connectivity index (χ1v) is 6.04. The minimum Gasteiger partial charge on any atom is -0.507 e. The third kappa shape index (κ3) is 2.47. The first kappa shape index (κ1) is 11.5. The molecule has 0 aliphatic carbocycles. The number of phenolic OH excluding ortho intramolecular Hbond substituents is 1. The number of nitrogens with zero attached hydrogens (tertiary/aromatic N) is 2. The summed E-state index contributed by atoms with van der Waals surface area (Å²) in [5.41, 5.74) is 2.66. The van der Waals surface area contributed by atoms with Gasteiger partial charge in [-0.25, -0.2) is 4.98 Å². The van der Waals surface area contributed by atoms with Crippen LogP contribution < -0.4 is 0 Å². The lowest BCUT2D eigenvalue weighted by molar-refractivity contribution is 0.474. The van der Waals surface area contributed by atoms with Crippen LogP contribution in [-0.2, 0) is 6.54 Å². The molecule has 1 aromatic heterocycles. The number of para-hydroxylation sites is 3. The zero-order chi connectivity index (χ0) is 13.1. The summed E-state index contributed by atoms with van der Waals surface area (Å²) in [4.78, 5) is 11.9. The largest absolute Gasteiger partial charge is 0.507 e. The normalized spacial score (nSPS) is 11.4. The number of aliphatic imine (C=N–C) groups is 1. The molecule has 3 rings (SSSR count). The topological polar surface area (TPSA) is 61.3 Å². The molecule has 1 heterocycles. The Labute approximate surface area is 110 Å². The molecule has 4 heteroatoms. The van der Waals surface area contributed by atoms with Crippen LogP contribution in [0.15, 0.2) is 53.5 Å². The van der Waals surface area contributed by atoms with E-state index in [0.717, 1.165) is 16.9 Å². The number of aromatic amines is 1. The van der Waals surface area contributed by atoms with E-state index in [0.29, 0.717) is 12.1 Å². The molecule has 0 spiro atoms. The molecule has 94 valence electrons. The molecule has 2 N–H and O–H groups in total. The van der Waals surface area contributed by atoms with Crippen LogP contribution in [0.1, 0.15) is 11.4 Å². The number of benzene rings is 2. The smallest absolute Gasteiger partial charge is 0.128 e. The summed E-state index contributed by atoms with van der Waals surface area (Å²) >= 11 is 0. The number of hydrogen-bond donors (Lipinski definition) is 2. The summed E-state index contributed by atoms with van der Waals surface area (Å²) in [6, 6.07) is 15.0. The van der Waals surface area contributed by atoms with E-state index in [2.05, 4.69) is 15.0 Å². The molecule has 0 unspecified atom stereocenters. The second-order valence-corrected chi connectivity index (χ2v) is 4.23. The van der Waals surface area contributed by atoms with E-state index in [-0.39, 0.29) is 5.75 Å². The number of fused-ring (bicyclic) bond motifs is 1. The molecular weight excluding hydrogens is 238 g/mol. The Balaban J connectivity index is 1.77. The van der Waals surface area contributed by atoms with Crippen LogP contribution in [-0.4, -0.2) is 21.3 Å². The Hall–Kier alpha value is -2.62. The third-order valence-electron chi connectivity index (χ3n) is 2.85. The number of rotatable bonds is 3. The van der Waals surface area contributed by atoms with Gasteiger partial charge in [0.1, 0.15) is 11.6 Å². The van der Waals surface area contributed by atoms with Crippen LogP contribution in [0.3, 0.4) is 0 Å². The van der Waals surface area contributed by atoms with Crippen molar-refractivity contribution in [3.8, 4) is 5.75 Å². The highest BCUT2D eigenvalue weighted by molar-refractivity contribution is 5.83. The van der Waals surface area contributed by atoms with Crippen LogP contribution in [0, 0.1) is 0 Å². The average Bonchev–Trinajstić information content (AvgIpc) is 2.83. The van der Waals surface area contributed by atoms with E-state index in [4.69, 9.17) is 0 Å². The minimum absolute atomic E-state index is 0.232. The van der Waals surface area contributed by atoms with Crippen LogP contribution in [0.2, 0.25) is 0 Å². The van der Waals surface area contributed by atoms with E-state index in [9.17, 15) is 5.11 Å². The van der Waals surface area contributed by atoms with Crippen molar-refractivity contribution in [3.05, 3.63) is 59.9 Å². The maximum Gasteiger partial charge on any atom is 0.128 e. The molecule has 0 radical (unpaired) electrons. The van der Waals surface area contributed by atoms with Gasteiger partial charge in [-0.3, -0.25) is 4.99 Å². The first-order valence-electron chi connectivity index (χ1n) is 6.04. The molecule has 0 atom stereocenters. The fourth-order valence-corrected chi connectivity index (χ4v) is 1.91. The number of imidazole rings is 1. The molecule has 0 amide bonds. The third-order valence-corrected chi connectivity index (χ3v) is 2.85. The Kier molecular flexibility index (Phi) is 2.98. The number of aromatic nitrogens is 2. The maximum absolute atomic E-state index is 9.61. The van der Waals surface area contributed by atoms with Gasteiger partial charge >= 0.3 is 0 Å². The van der Waals surface area contributed by atoms with Gasteiger partial charge in [-0.1, -0.05) is 24.3 Å². The fraction of sp³-hybridized carbons (Fsp3) is 0.0667. The fourth-order valence-electron chi connectivity index (χ4n) is 1.91. The molecule has 0 aliphatic heterocycles. The van der Waals surface area contributed by atoms with Gasteiger partial charge in [0.25, 0.3) is 0 Å². The van der Waals surface area contributed by atoms with Gasteiger partial charge in [0.2, 0.25) is 0 Å². The van der Waals surface area contributed by atoms with Gasteiger partial charge in [0.15, 0.2) is 0 Å². The zero-order valence-corrected chi connectivity index (χ0v) is 10.2. The molecule has 0 saturated carbocycles. The Bertz CT molecular complexity index is 698. The minimum atomic E-state index is 0.232. The first-order chi connectivity index (χ1) is 9.33. The van der Waals surface area contributed by atoms with Gasteiger partial charge in [-0.05, 0) is 24.3 Å². The number of nitrogens with one attached hydrogen (secondary N) is 1. The highest BCUT2D eigenvalue weighted by Gasteiger charge is 2.00. The molecule has 0 saturated heterocycles. The van der Waals surface area contributed by atoms with Crippen molar-refractivity contribution < 1.29 is 5.11 Å². The van der Waals surface area contributed by atoms with Crippen molar-refractivity contribution in [2.75, 3.05) is 0 Å². The lowest BCUT2D eigenvalue weighted by Crippen LogP contribution is -1.87. The van der Waals surface area contributed by atoms with Crippen molar-refractivity contribution >= 4 is 17.2 Å². The molecule has 19 heavy (non-hydrogen) atoms. The lowest BCUT2D eigenvalue weighted by atomic mass is 10.2. The summed E-state index contributed by atoms with van der Waals surface area (Å²) < 4.78 is 0. The molecule has 0 aliphatic rings. The quantitative estimate of drug-likeness (QED) is 0.703. The predicted molar refractivity (Wildman–Crippen MR) is 75.5 cm³/mol. The predicted octanol–water partition coefficient (Wildman–Crippen LogP) is 2.89. The molecule has 0 fully saturated rings. The molecule has 3 aromatic rings. The SMILES string of the molecule is Oc1ccccc1C=NCc1nc2ccccc2[nH]1. The van der Waals surface area contributed by atoms with Gasteiger partial charge < -0.3 is 10.1 Å². The number of hydrogen-bond acceptors (Lipinski definition) is 3. The van der Waals surface area contributed by atoms with Crippen molar-refractivity contribution in [1.82, 2.24) is 9.97 Å². The summed E-state index contributed by atoms with van der Waals surface area (Å²) in [7, 11) is 0. The maximum atomic E-state index is 9.61. The van der Waals surface area contributed by atoms with Crippen molar-refractivity contribution in [1.29, 1.82) is 0 Å². The van der Waals surface area contributed by atoms with Crippen LogP contribution >= 0.6 is 0 Å². The van der Waals surface area contributed by atoms with Crippen LogP contribution in [0.25, 0.3) is 11.0 Å². The summed E-state index contributed by atoms with van der Waals surface area (Å²) in [6.45, 7) is 0.461. The molecule has 0 bridgehead atoms. The highest BCUT2D eigenvalue weighted by atomic mass is 16.3. The molecule has 4 nitrogen and oxygen atoms in total. The van der Waals surface area contributed by atoms with Crippen LogP contribution in [0.5, 0.6) is 5.75 Å². The highest BCUT2D eigenvalue weighted by Crippen LogP contribution is 2.14. The van der Waals surface area contributed by atoms with E-state index < -0.39 is 0 Å². The molecule has 2 aromatic carbocycles. The monoisotopic (exact) mass is 251 g/mol. The second-order valence-electron chi connectivity index (χ2n) is 4.23. The van der Waals surface area contributed by atoms with E-state index in [1.807, 2.05) is 36.4 Å². The number of phenols is 1. The Morgan fingerprint density at radius 2 is 1.89 bits per heavy atom. The average molecular weight is 251 g/mol. The zero-order valence-electron chi connectivity index (χ0n) is 10.2. The van der Waals surface area contributed by atoms with Crippen molar-refractivity contribution in [2.45, 2.75) is 6.54 Å². The molecular formula is C15H13N3O. The summed E-state index contributed by atoms with van der Waals surface area (Å²) in [5.74, 6) is 1.05. The lowest BCUT2D eigenvalue weighted by Gasteiger charge is -1.96. The van der Waals surface area contributed by atoms with Crippen molar-refractivity contribution in [3.63, 3.8) is 0 Å². The van der Waals surface area contributed by atoms with Gasteiger partial charge in [-0.15, -0.1) is 0 Å². The van der Waals surface area contributed by atoms with E-state index >= 15 is 0 Å². The summed E-state index contributed by atoms with van der Waals surface area (Å²) in [6.07, 6.45) is 1.66. The Morgan fingerprint density at radius 1 is 1.11 bits per heavy atom.